The molecule has 0 aromatic heterocycles. The summed E-state index contributed by atoms with van der Waals surface area (Å²) in [6.45, 7) is 4.41. The number of rotatable bonds is 6. The van der Waals surface area contributed by atoms with Gasteiger partial charge in [0.05, 0.1) is 14.2 Å². The van der Waals surface area contributed by atoms with Gasteiger partial charge in [-0.05, 0) is 59.4 Å². The maximum atomic E-state index is 5.25. The summed E-state index contributed by atoms with van der Waals surface area (Å²) in [4.78, 5) is 0. The summed E-state index contributed by atoms with van der Waals surface area (Å²) in [5, 5.41) is 0. The van der Waals surface area contributed by atoms with E-state index >= 15 is 0 Å². The van der Waals surface area contributed by atoms with E-state index in [-0.39, 0.29) is 0 Å². The van der Waals surface area contributed by atoms with Crippen LogP contribution in [0.15, 0.2) is 48.5 Å². The molecule has 0 fully saturated rings. The minimum atomic E-state index is 0.890. The van der Waals surface area contributed by atoms with Crippen molar-refractivity contribution in [2.45, 2.75) is 26.7 Å². The maximum absolute atomic E-state index is 5.25. The topological polar surface area (TPSA) is 18.5 Å². The standard InChI is InChI=1S/C20H24O2/c1-5-19(15-7-11-17(21-3)12-8-15)20(6-2)16-9-13-18(22-4)14-10-16/h7-14H,5-6H2,1-4H3. The van der Waals surface area contributed by atoms with Crippen molar-refractivity contribution in [2.24, 2.45) is 0 Å². The van der Waals surface area contributed by atoms with E-state index in [2.05, 4.69) is 38.1 Å². The third-order valence-corrected chi connectivity index (χ3v) is 3.95. The highest BCUT2D eigenvalue weighted by Gasteiger charge is 2.09. The van der Waals surface area contributed by atoms with Crippen molar-refractivity contribution < 1.29 is 9.47 Å². The Labute approximate surface area is 133 Å². The molecule has 0 aliphatic carbocycles. The third kappa shape index (κ3) is 3.51. The van der Waals surface area contributed by atoms with Gasteiger partial charge >= 0.3 is 0 Å². The van der Waals surface area contributed by atoms with Crippen LogP contribution in [-0.4, -0.2) is 14.2 Å². The lowest BCUT2D eigenvalue weighted by molar-refractivity contribution is 0.414. The summed E-state index contributed by atoms with van der Waals surface area (Å²) in [5.41, 5.74) is 5.29. The van der Waals surface area contributed by atoms with Gasteiger partial charge in [0, 0.05) is 0 Å². The molecule has 0 radical (unpaired) electrons. The van der Waals surface area contributed by atoms with Gasteiger partial charge in [-0.25, -0.2) is 0 Å². The van der Waals surface area contributed by atoms with Crippen LogP contribution in [0.5, 0.6) is 11.5 Å². The number of hydrogen-bond acceptors (Lipinski definition) is 2. The largest absolute Gasteiger partial charge is 0.497 e. The lowest BCUT2D eigenvalue weighted by Gasteiger charge is -2.15. The van der Waals surface area contributed by atoms with Gasteiger partial charge in [0.1, 0.15) is 11.5 Å². The lowest BCUT2D eigenvalue weighted by atomic mass is 9.91. The molecule has 0 aliphatic rings. The fraction of sp³-hybridized carbons (Fsp3) is 0.300. The van der Waals surface area contributed by atoms with Gasteiger partial charge < -0.3 is 9.47 Å². The summed E-state index contributed by atoms with van der Waals surface area (Å²) in [6.07, 6.45) is 2.00. The quantitative estimate of drug-likeness (QED) is 0.661. The monoisotopic (exact) mass is 296 g/mol. The molecule has 0 atom stereocenters. The first-order valence-electron chi connectivity index (χ1n) is 7.74. The van der Waals surface area contributed by atoms with E-state index in [0.29, 0.717) is 0 Å². The summed E-state index contributed by atoms with van der Waals surface area (Å²) in [5.74, 6) is 1.78. The van der Waals surface area contributed by atoms with E-state index in [1.807, 2.05) is 24.3 Å². The van der Waals surface area contributed by atoms with E-state index in [1.165, 1.54) is 22.3 Å². The normalized spacial score (nSPS) is 11.8. The second-order valence-electron chi connectivity index (χ2n) is 5.12. The fourth-order valence-electron chi connectivity index (χ4n) is 2.77. The molecule has 0 saturated carbocycles. The molecule has 22 heavy (non-hydrogen) atoms. The van der Waals surface area contributed by atoms with Crippen molar-refractivity contribution in [1.29, 1.82) is 0 Å². The molecule has 116 valence electrons. The van der Waals surface area contributed by atoms with Crippen LogP contribution in [0.2, 0.25) is 0 Å². The second kappa shape index (κ2) is 7.69. The summed E-state index contributed by atoms with van der Waals surface area (Å²) in [6, 6.07) is 16.6. The first-order valence-corrected chi connectivity index (χ1v) is 7.74. The number of methoxy groups -OCH3 is 2. The average molecular weight is 296 g/mol. The van der Waals surface area contributed by atoms with Gasteiger partial charge in [0.2, 0.25) is 0 Å². The first kappa shape index (κ1) is 16.2. The van der Waals surface area contributed by atoms with E-state index in [4.69, 9.17) is 9.47 Å². The zero-order valence-electron chi connectivity index (χ0n) is 13.8. The van der Waals surface area contributed by atoms with Crippen molar-refractivity contribution in [2.75, 3.05) is 14.2 Å². The van der Waals surface area contributed by atoms with Crippen LogP contribution in [0.4, 0.5) is 0 Å². The van der Waals surface area contributed by atoms with Crippen LogP contribution in [0.3, 0.4) is 0 Å². The lowest BCUT2D eigenvalue weighted by Crippen LogP contribution is -1.93. The van der Waals surface area contributed by atoms with E-state index in [9.17, 15) is 0 Å². The smallest absolute Gasteiger partial charge is 0.118 e. The molecule has 0 amide bonds. The molecule has 2 aromatic rings. The molecule has 2 nitrogen and oxygen atoms in total. The van der Waals surface area contributed by atoms with E-state index < -0.39 is 0 Å². The predicted molar refractivity (Wildman–Crippen MR) is 93.4 cm³/mol. The van der Waals surface area contributed by atoms with Crippen LogP contribution < -0.4 is 9.47 Å². The zero-order valence-corrected chi connectivity index (χ0v) is 13.8. The van der Waals surface area contributed by atoms with Crippen LogP contribution in [0.25, 0.3) is 11.1 Å². The Morgan fingerprint density at radius 2 is 0.955 bits per heavy atom. The fourth-order valence-corrected chi connectivity index (χ4v) is 2.77. The first-order chi connectivity index (χ1) is 10.7. The molecule has 0 unspecified atom stereocenters. The van der Waals surface area contributed by atoms with Gasteiger partial charge in [-0.2, -0.15) is 0 Å². The van der Waals surface area contributed by atoms with Crippen molar-refractivity contribution in [3.05, 3.63) is 59.7 Å². The Hall–Kier alpha value is -2.22. The predicted octanol–water partition coefficient (Wildman–Crippen LogP) is 5.43. The molecule has 0 spiro atoms. The Morgan fingerprint density at radius 3 is 1.18 bits per heavy atom. The van der Waals surface area contributed by atoms with Crippen molar-refractivity contribution in [3.63, 3.8) is 0 Å². The second-order valence-corrected chi connectivity index (χ2v) is 5.12. The zero-order chi connectivity index (χ0) is 15.9. The van der Waals surface area contributed by atoms with Gasteiger partial charge in [0.25, 0.3) is 0 Å². The Morgan fingerprint density at radius 1 is 0.636 bits per heavy atom. The molecule has 2 heteroatoms. The summed E-state index contributed by atoms with van der Waals surface area (Å²) >= 11 is 0. The Bertz CT molecular complexity index is 564. The van der Waals surface area contributed by atoms with Crippen LogP contribution in [0.1, 0.15) is 37.8 Å². The summed E-state index contributed by atoms with van der Waals surface area (Å²) < 4.78 is 10.5. The molecule has 0 N–H and O–H groups in total. The average Bonchev–Trinajstić information content (AvgIpc) is 2.60. The molecule has 2 rings (SSSR count). The van der Waals surface area contributed by atoms with Gasteiger partial charge in [0.15, 0.2) is 0 Å². The van der Waals surface area contributed by atoms with Gasteiger partial charge in [-0.15, -0.1) is 0 Å². The van der Waals surface area contributed by atoms with Gasteiger partial charge in [-0.1, -0.05) is 38.1 Å². The summed E-state index contributed by atoms with van der Waals surface area (Å²) in [7, 11) is 3.39. The molecule has 0 bridgehead atoms. The highest BCUT2D eigenvalue weighted by atomic mass is 16.5. The van der Waals surface area contributed by atoms with Crippen molar-refractivity contribution in [1.82, 2.24) is 0 Å². The minimum Gasteiger partial charge on any atom is -0.497 e. The van der Waals surface area contributed by atoms with Crippen molar-refractivity contribution >= 4 is 11.1 Å². The number of hydrogen-bond donors (Lipinski definition) is 0. The molecular formula is C20H24O2. The third-order valence-electron chi connectivity index (χ3n) is 3.95. The van der Waals surface area contributed by atoms with E-state index in [0.717, 1.165) is 24.3 Å². The number of benzene rings is 2. The van der Waals surface area contributed by atoms with Crippen LogP contribution in [0, 0.1) is 0 Å². The molecular weight excluding hydrogens is 272 g/mol. The SMILES string of the molecule is CCC(=C(CC)c1ccc(OC)cc1)c1ccc(OC)cc1. The highest BCUT2D eigenvalue weighted by Crippen LogP contribution is 2.32. The molecule has 0 heterocycles. The Kier molecular flexibility index (Phi) is 5.65. The Balaban J connectivity index is 2.46. The van der Waals surface area contributed by atoms with Crippen LogP contribution in [-0.2, 0) is 0 Å². The van der Waals surface area contributed by atoms with Crippen molar-refractivity contribution in [3.8, 4) is 11.5 Å². The number of allylic oxidation sites excluding steroid dienone is 2. The highest BCUT2D eigenvalue weighted by molar-refractivity contribution is 5.90. The minimum absolute atomic E-state index is 0.890. The number of ether oxygens (including phenoxy) is 2. The van der Waals surface area contributed by atoms with Crippen LogP contribution >= 0.6 is 0 Å². The maximum Gasteiger partial charge on any atom is 0.118 e. The van der Waals surface area contributed by atoms with E-state index in [1.54, 1.807) is 14.2 Å². The molecule has 0 aliphatic heterocycles. The van der Waals surface area contributed by atoms with Gasteiger partial charge in [-0.3, -0.25) is 0 Å². The molecule has 2 aromatic carbocycles. The molecule has 0 saturated heterocycles.